The molecule has 2 atom stereocenters. The third kappa shape index (κ3) is 3.91. The number of piperazine rings is 1. The number of likely N-dealkylation sites (N-methyl/N-ethyl adjacent to an activating group) is 1. The first kappa shape index (κ1) is 14.8. The van der Waals surface area contributed by atoms with Crippen LogP contribution in [0.15, 0.2) is 0 Å². The van der Waals surface area contributed by atoms with Gasteiger partial charge in [0, 0.05) is 38.3 Å². The second-order valence-corrected chi connectivity index (χ2v) is 6.51. The first-order valence-corrected chi connectivity index (χ1v) is 7.41. The van der Waals surface area contributed by atoms with Gasteiger partial charge in [-0.2, -0.15) is 0 Å². The molecular weight excluding hydrogens is 240 g/mol. The molecule has 1 aliphatic heterocycles. The van der Waals surface area contributed by atoms with E-state index in [1.165, 1.54) is 12.8 Å². The predicted octanol–water partition coefficient (Wildman–Crippen LogP) is 0.00840. The molecule has 0 radical (unpaired) electrons. The van der Waals surface area contributed by atoms with Crippen LogP contribution in [0.2, 0.25) is 0 Å². The van der Waals surface area contributed by atoms with Crippen LogP contribution >= 0.6 is 0 Å². The molecule has 0 aromatic carbocycles. The molecule has 0 aromatic heterocycles. The highest BCUT2D eigenvalue weighted by molar-refractivity contribution is 5.84. The Hall–Kier alpha value is -0.650. The molecule has 0 aromatic rings. The average molecular weight is 268 g/mol. The lowest BCUT2D eigenvalue weighted by molar-refractivity contribution is -0.124. The van der Waals surface area contributed by atoms with Gasteiger partial charge in [0.2, 0.25) is 5.91 Å². The number of rotatable bonds is 6. The van der Waals surface area contributed by atoms with Crippen LogP contribution in [0.25, 0.3) is 0 Å². The van der Waals surface area contributed by atoms with E-state index in [-0.39, 0.29) is 5.91 Å². The number of hydrogen-bond acceptors (Lipinski definition) is 4. The van der Waals surface area contributed by atoms with E-state index in [0.29, 0.717) is 12.1 Å². The predicted molar refractivity (Wildman–Crippen MR) is 76.9 cm³/mol. The van der Waals surface area contributed by atoms with Gasteiger partial charge in [-0.3, -0.25) is 9.69 Å². The first-order valence-electron chi connectivity index (χ1n) is 7.41. The molecule has 1 saturated carbocycles. The van der Waals surface area contributed by atoms with Crippen LogP contribution in [0, 0.1) is 0 Å². The summed E-state index contributed by atoms with van der Waals surface area (Å²) in [6.45, 7) is 8.43. The van der Waals surface area contributed by atoms with Gasteiger partial charge in [0.15, 0.2) is 0 Å². The van der Waals surface area contributed by atoms with Gasteiger partial charge < -0.3 is 16.0 Å². The maximum absolute atomic E-state index is 11.7. The second kappa shape index (κ2) is 5.77. The monoisotopic (exact) mass is 268 g/mol. The van der Waals surface area contributed by atoms with E-state index in [0.717, 1.165) is 32.6 Å². The molecule has 2 rings (SSSR count). The molecule has 1 saturated heterocycles. The van der Waals surface area contributed by atoms with Crippen LogP contribution in [0.4, 0.5) is 0 Å². The smallest absolute Gasteiger partial charge is 0.237 e. The minimum absolute atomic E-state index is 0.221. The average Bonchev–Trinajstić information content (AvgIpc) is 3.11. The van der Waals surface area contributed by atoms with Crippen molar-refractivity contribution in [1.29, 1.82) is 0 Å². The van der Waals surface area contributed by atoms with Crippen LogP contribution < -0.4 is 11.1 Å². The number of nitrogens with zero attached hydrogens (tertiary/aromatic N) is 2. The standard InChI is InChI=1S/C14H28N4O/c1-11-10-17(3)8-9-18(11)7-6-14(2,13(15)19)16-12-4-5-12/h11-12,16H,4-10H2,1-3H3,(H2,15,19). The highest BCUT2D eigenvalue weighted by atomic mass is 16.1. The summed E-state index contributed by atoms with van der Waals surface area (Å²) in [7, 11) is 2.16. The summed E-state index contributed by atoms with van der Waals surface area (Å²) in [5.74, 6) is -0.221. The minimum atomic E-state index is -0.551. The molecule has 5 nitrogen and oxygen atoms in total. The number of hydrogen-bond donors (Lipinski definition) is 2. The van der Waals surface area contributed by atoms with E-state index in [1.54, 1.807) is 0 Å². The molecule has 19 heavy (non-hydrogen) atoms. The highest BCUT2D eigenvalue weighted by Gasteiger charge is 2.37. The fourth-order valence-electron chi connectivity index (χ4n) is 2.82. The fourth-order valence-corrected chi connectivity index (χ4v) is 2.82. The third-order valence-corrected chi connectivity index (χ3v) is 4.51. The molecule has 110 valence electrons. The molecule has 2 unspecified atom stereocenters. The molecule has 2 fully saturated rings. The van der Waals surface area contributed by atoms with E-state index in [9.17, 15) is 4.79 Å². The quantitative estimate of drug-likeness (QED) is 0.712. The summed E-state index contributed by atoms with van der Waals surface area (Å²) in [5, 5.41) is 3.42. The topological polar surface area (TPSA) is 61.6 Å². The zero-order chi connectivity index (χ0) is 14.0. The Balaban J connectivity index is 1.85. The first-order chi connectivity index (χ1) is 8.90. The molecule has 5 heteroatoms. The van der Waals surface area contributed by atoms with Crippen molar-refractivity contribution >= 4 is 5.91 Å². The van der Waals surface area contributed by atoms with E-state index < -0.39 is 5.54 Å². The third-order valence-electron chi connectivity index (χ3n) is 4.51. The molecule has 1 amide bonds. The number of amides is 1. The van der Waals surface area contributed by atoms with E-state index >= 15 is 0 Å². The summed E-state index contributed by atoms with van der Waals surface area (Å²) in [6.07, 6.45) is 3.15. The lowest BCUT2D eigenvalue weighted by Crippen LogP contribution is -2.57. The molecular formula is C14H28N4O. The van der Waals surface area contributed by atoms with Crippen molar-refractivity contribution in [3.63, 3.8) is 0 Å². The van der Waals surface area contributed by atoms with Crippen molar-refractivity contribution in [2.75, 3.05) is 33.2 Å². The van der Waals surface area contributed by atoms with Gasteiger partial charge in [-0.1, -0.05) is 0 Å². The van der Waals surface area contributed by atoms with Crippen LogP contribution in [0.1, 0.15) is 33.1 Å². The normalized spacial score (nSPS) is 29.1. The molecule has 3 N–H and O–H groups in total. The van der Waals surface area contributed by atoms with Crippen molar-refractivity contribution in [3.8, 4) is 0 Å². The van der Waals surface area contributed by atoms with Crippen molar-refractivity contribution < 1.29 is 4.79 Å². The maximum Gasteiger partial charge on any atom is 0.237 e. The number of carbonyl (C=O) groups is 1. The molecule has 2 aliphatic rings. The lowest BCUT2D eigenvalue weighted by atomic mass is 9.95. The Kier molecular flexibility index (Phi) is 4.48. The summed E-state index contributed by atoms with van der Waals surface area (Å²) in [6, 6.07) is 1.05. The molecule has 0 spiro atoms. The Bertz CT molecular complexity index is 331. The SMILES string of the molecule is CC1CN(C)CCN1CCC(C)(NC1CC1)C(N)=O. The van der Waals surface area contributed by atoms with Gasteiger partial charge in [-0.05, 0) is 40.2 Å². The molecule has 1 heterocycles. The van der Waals surface area contributed by atoms with Crippen LogP contribution in [-0.2, 0) is 4.79 Å². The summed E-state index contributed by atoms with van der Waals surface area (Å²) >= 11 is 0. The zero-order valence-electron chi connectivity index (χ0n) is 12.5. The second-order valence-electron chi connectivity index (χ2n) is 6.51. The summed E-state index contributed by atoms with van der Waals surface area (Å²) in [4.78, 5) is 16.5. The minimum Gasteiger partial charge on any atom is -0.368 e. The van der Waals surface area contributed by atoms with Crippen molar-refractivity contribution in [3.05, 3.63) is 0 Å². The van der Waals surface area contributed by atoms with Crippen molar-refractivity contribution in [1.82, 2.24) is 15.1 Å². The van der Waals surface area contributed by atoms with Crippen LogP contribution in [0.5, 0.6) is 0 Å². The van der Waals surface area contributed by atoms with E-state index in [4.69, 9.17) is 5.73 Å². The lowest BCUT2D eigenvalue weighted by Gasteiger charge is -2.40. The summed E-state index contributed by atoms with van der Waals surface area (Å²) < 4.78 is 0. The Morgan fingerprint density at radius 3 is 2.63 bits per heavy atom. The van der Waals surface area contributed by atoms with E-state index in [2.05, 4.69) is 29.1 Å². The van der Waals surface area contributed by atoms with Crippen LogP contribution in [-0.4, -0.2) is 66.6 Å². The van der Waals surface area contributed by atoms with Gasteiger partial charge in [0.25, 0.3) is 0 Å². The van der Waals surface area contributed by atoms with Gasteiger partial charge in [-0.25, -0.2) is 0 Å². The van der Waals surface area contributed by atoms with Gasteiger partial charge >= 0.3 is 0 Å². The van der Waals surface area contributed by atoms with Crippen molar-refractivity contribution in [2.24, 2.45) is 5.73 Å². The largest absolute Gasteiger partial charge is 0.368 e. The summed E-state index contributed by atoms with van der Waals surface area (Å²) in [5.41, 5.74) is 5.04. The number of nitrogens with one attached hydrogen (secondary N) is 1. The number of carbonyl (C=O) groups excluding carboxylic acids is 1. The van der Waals surface area contributed by atoms with Gasteiger partial charge in [-0.15, -0.1) is 0 Å². The Morgan fingerprint density at radius 2 is 2.11 bits per heavy atom. The fraction of sp³-hybridized carbons (Fsp3) is 0.929. The number of nitrogens with two attached hydrogens (primary N) is 1. The zero-order valence-corrected chi connectivity index (χ0v) is 12.5. The Labute approximate surface area is 116 Å². The maximum atomic E-state index is 11.7. The van der Waals surface area contributed by atoms with Crippen molar-refractivity contribution in [2.45, 2.75) is 50.7 Å². The molecule has 0 bridgehead atoms. The van der Waals surface area contributed by atoms with Crippen LogP contribution in [0.3, 0.4) is 0 Å². The highest BCUT2D eigenvalue weighted by Crippen LogP contribution is 2.24. The number of primary amides is 1. The van der Waals surface area contributed by atoms with E-state index in [1.807, 2.05) is 6.92 Å². The molecule has 1 aliphatic carbocycles. The van der Waals surface area contributed by atoms with Gasteiger partial charge in [0.05, 0.1) is 5.54 Å². The van der Waals surface area contributed by atoms with Gasteiger partial charge in [0.1, 0.15) is 0 Å². The Morgan fingerprint density at radius 1 is 1.42 bits per heavy atom.